The highest BCUT2D eigenvalue weighted by Gasteiger charge is 2.23. The number of nitrogens with zero attached hydrogens (tertiary/aromatic N) is 1. The van der Waals surface area contributed by atoms with Crippen molar-refractivity contribution in [2.24, 2.45) is 4.99 Å². The zero-order chi connectivity index (χ0) is 16.4. The minimum atomic E-state index is -0.0248. The molecule has 0 saturated carbocycles. The van der Waals surface area contributed by atoms with Gasteiger partial charge in [-0.2, -0.15) is 0 Å². The van der Waals surface area contributed by atoms with Crippen LogP contribution < -0.4 is 9.47 Å². The predicted molar refractivity (Wildman–Crippen MR) is 98.3 cm³/mol. The molecular weight excluding hydrogens is 342 g/mol. The summed E-state index contributed by atoms with van der Waals surface area (Å²) in [7, 11) is 0. The average Bonchev–Trinajstić information content (AvgIpc) is 3.20. The Kier molecular flexibility index (Phi) is 4.32. The van der Waals surface area contributed by atoms with E-state index in [1.807, 2.05) is 36.4 Å². The quantitative estimate of drug-likeness (QED) is 0.768. The van der Waals surface area contributed by atoms with Crippen LogP contribution in [0.5, 0.6) is 11.5 Å². The predicted octanol–water partition coefficient (Wildman–Crippen LogP) is 4.32. The van der Waals surface area contributed by atoms with Crippen LogP contribution >= 0.6 is 23.5 Å². The molecule has 0 spiro atoms. The second-order valence-corrected chi connectivity index (χ2v) is 7.37. The van der Waals surface area contributed by atoms with Crippen molar-refractivity contribution < 1.29 is 14.3 Å². The third-order valence-corrected chi connectivity index (χ3v) is 5.59. The van der Waals surface area contributed by atoms with Gasteiger partial charge in [0.05, 0.1) is 0 Å². The maximum atomic E-state index is 12.1. The van der Waals surface area contributed by atoms with E-state index in [-0.39, 0.29) is 11.9 Å². The first kappa shape index (κ1) is 15.4. The second-order valence-electron chi connectivity index (χ2n) is 5.18. The van der Waals surface area contributed by atoms with Gasteiger partial charge in [0.25, 0.3) is 0 Å². The van der Waals surface area contributed by atoms with Crippen molar-refractivity contribution in [2.75, 3.05) is 6.79 Å². The van der Waals surface area contributed by atoms with Gasteiger partial charge in [0.15, 0.2) is 11.5 Å². The summed E-state index contributed by atoms with van der Waals surface area (Å²) in [5, 5.41) is -0.0248. The fourth-order valence-corrected chi connectivity index (χ4v) is 4.13. The SMILES string of the molecule is O=C1SC(SCc2ccccc2)=NC1=Cc1ccc2c(c1)OCO2. The Morgan fingerprint density at radius 3 is 2.83 bits per heavy atom. The number of aliphatic imine (C=N–C) groups is 1. The van der Waals surface area contributed by atoms with Crippen molar-refractivity contribution in [3.63, 3.8) is 0 Å². The van der Waals surface area contributed by atoms with Crippen molar-refractivity contribution in [3.8, 4) is 11.5 Å². The monoisotopic (exact) mass is 355 g/mol. The molecule has 24 heavy (non-hydrogen) atoms. The van der Waals surface area contributed by atoms with Crippen LogP contribution in [-0.4, -0.2) is 16.3 Å². The first-order chi connectivity index (χ1) is 11.8. The zero-order valence-corrected chi connectivity index (χ0v) is 14.2. The van der Waals surface area contributed by atoms with Crippen LogP contribution in [0.3, 0.4) is 0 Å². The first-order valence-electron chi connectivity index (χ1n) is 7.37. The Morgan fingerprint density at radius 2 is 1.96 bits per heavy atom. The van der Waals surface area contributed by atoms with Crippen molar-refractivity contribution >= 4 is 39.1 Å². The standard InChI is InChI=1S/C18H13NO3S2/c20-17-14(8-13-6-7-15-16(9-13)22-11-21-15)19-18(24-17)23-10-12-4-2-1-3-5-12/h1-9H,10-11H2. The zero-order valence-electron chi connectivity index (χ0n) is 12.6. The number of hydrogen-bond acceptors (Lipinski definition) is 6. The lowest BCUT2D eigenvalue weighted by molar-refractivity contribution is -0.107. The summed E-state index contributed by atoms with van der Waals surface area (Å²) in [4.78, 5) is 16.6. The highest BCUT2D eigenvalue weighted by atomic mass is 32.2. The lowest BCUT2D eigenvalue weighted by Gasteiger charge is -1.98. The summed E-state index contributed by atoms with van der Waals surface area (Å²) in [6.07, 6.45) is 1.79. The van der Waals surface area contributed by atoms with E-state index >= 15 is 0 Å². The maximum absolute atomic E-state index is 12.1. The van der Waals surface area contributed by atoms with E-state index in [4.69, 9.17) is 9.47 Å². The van der Waals surface area contributed by atoms with Crippen LogP contribution in [0.2, 0.25) is 0 Å². The fraction of sp³-hybridized carbons (Fsp3) is 0.111. The summed E-state index contributed by atoms with van der Waals surface area (Å²) in [6.45, 7) is 0.239. The topological polar surface area (TPSA) is 47.9 Å². The molecule has 6 heteroatoms. The Morgan fingerprint density at radius 1 is 1.12 bits per heavy atom. The number of hydrogen-bond donors (Lipinski definition) is 0. The molecule has 4 rings (SSSR count). The van der Waals surface area contributed by atoms with Gasteiger partial charge < -0.3 is 9.47 Å². The molecule has 0 bridgehead atoms. The second kappa shape index (κ2) is 6.75. The van der Waals surface area contributed by atoms with Crippen LogP contribution in [-0.2, 0) is 10.5 Å². The molecule has 0 unspecified atom stereocenters. The largest absolute Gasteiger partial charge is 0.454 e. The molecular formula is C18H13NO3S2. The van der Waals surface area contributed by atoms with Crippen LogP contribution in [0, 0.1) is 0 Å². The molecule has 2 aliphatic heterocycles. The van der Waals surface area contributed by atoms with Crippen molar-refractivity contribution in [1.29, 1.82) is 0 Å². The van der Waals surface area contributed by atoms with Crippen LogP contribution in [0.15, 0.2) is 59.2 Å². The van der Waals surface area contributed by atoms with E-state index in [2.05, 4.69) is 17.1 Å². The molecule has 2 heterocycles. The minimum absolute atomic E-state index is 0.0248. The van der Waals surface area contributed by atoms with E-state index < -0.39 is 0 Å². The summed E-state index contributed by atoms with van der Waals surface area (Å²) in [5.41, 5.74) is 2.56. The number of benzene rings is 2. The van der Waals surface area contributed by atoms with Gasteiger partial charge in [-0.3, -0.25) is 4.79 Å². The summed E-state index contributed by atoms with van der Waals surface area (Å²) in [6, 6.07) is 15.7. The number of carbonyl (C=O) groups is 1. The molecule has 2 aromatic carbocycles. The molecule has 2 aliphatic rings. The number of ether oxygens (including phenoxy) is 2. The lowest BCUT2D eigenvalue weighted by Crippen LogP contribution is -1.92. The number of fused-ring (bicyclic) bond motifs is 1. The van der Waals surface area contributed by atoms with Crippen LogP contribution in [0.25, 0.3) is 6.08 Å². The molecule has 0 fully saturated rings. The molecule has 0 radical (unpaired) electrons. The van der Waals surface area contributed by atoms with E-state index in [0.29, 0.717) is 11.4 Å². The molecule has 4 nitrogen and oxygen atoms in total. The Labute approximate surface area is 148 Å². The summed E-state index contributed by atoms with van der Waals surface area (Å²) < 4.78 is 11.4. The van der Waals surface area contributed by atoms with Crippen molar-refractivity contribution in [3.05, 3.63) is 65.4 Å². The highest BCUT2D eigenvalue weighted by Crippen LogP contribution is 2.35. The number of carbonyl (C=O) groups excluding carboxylic acids is 1. The lowest BCUT2D eigenvalue weighted by atomic mass is 10.2. The Bertz CT molecular complexity index is 847. The molecule has 0 aliphatic carbocycles. The molecule has 2 aromatic rings. The van der Waals surface area contributed by atoms with E-state index in [0.717, 1.165) is 21.4 Å². The molecule has 0 amide bonds. The molecule has 0 aromatic heterocycles. The van der Waals surface area contributed by atoms with Gasteiger partial charge >= 0.3 is 0 Å². The summed E-state index contributed by atoms with van der Waals surface area (Å²) in [5.74, 6) is 2.23. The highest BCUT2D eigenvalue weighted by molar-refractivity contribution is 8.45. The smallest absolute Gasteiger partial charge is 0.244 e. The van der Waals surface area contributed by atoms with Gasteiger partial charge in [-0.25, -0.2) is 4.99 Å². The number of thioether (sulfide) groups is 2. The van der Waals surface area contributed by atoms with Gasteiger partial charge in [0, 0.05) is 5.75 Å². The molecule has 0 saturated heterocycles. The average molecular weight is 355 g/mol. The minimum Gasteiger partial charge on any atom is -0.454 e. The van der Waals surface area contributed by atoms with Gasteiger partial charge in [-0.15, -0.1) is 0 Å². The van der Waals surface area contributed by atoms with Gasteiger partial charge in [0.2, 0.25) is 11.9 Å². The molecule has 0 atom stereocenters. The third-order valence-electron chi connectivity index (χ3n) is 3.51. The molecule has 120 valence electrons. The first-order valence-corrected chi connectivity index (χ1v) is 9.17. The van der Waals surface area contributed by atoms with Gasteiger partial charge in [-0.1, -0.05) is 48.2 Å². The van der Waals surface area contributed by atoms with Crippen LogP contribution in [0.1, 0.15) is 11.1 Å². The van der Waals surface area contributed by atoms with Gasteiger partial charge in [-0.05, 0) is 41.1 Å². The Hall–Kier alpha value is -2.18. The summed E-state index contributed by atoms with van der Waals surface area (Å²) >= 11 is 2.77. The third kappa shape index (κ3) is 3.34. The van der Waals surface area contributed by atoms with Crippen molar-refractivity contribution in [1.82, 2.24) is 0 Å². The maximum Gasteiger partial charge on any atom is 0.244 e. The molecule has 0 N–H and O–H groups in total. The Balaban J connectivity index is 1.49. The van der Waals surface area contributed by atoms with E-state index in [1.54, 1.807) is 17.8 Å². The normalized spacial score (nSPS) is 17.4. The van der Waals surface area contributed by atoms with Crippen molar-refractivity contribution in [2.45, 2.75) is 5.75 Å². The van der Waals surface area contributed by atoms with E-state index in [9.17, 15) is 4.79 Å². The van der Waals surface area contributed by atoms with Crippen LogP contribution in [0.4, 0.5) is 0 Å². The fourth-order valence-electron chi connectivity index (χ4n) is 2.33. The van der Waals surface area contributed by atoms with E-state index in [1.165, 1.54) is 17.3 Å². The number of rotatable bonds is 3. The van der Waals surface area contributed by atoms with Gasteiger partial charge in [0.1, 0.15) is 10.1 Å².